The van der Waals surface area contributed by atoms with Crippen molar-refractivity contribution >= 4 is 91.1 Å². The summed E-state index contributed by atoms with van der Waals surface area (Å²) in [7, 11) is 0. The minimum Gasteiger partial charge on any atom is -0.242 e. The van der Waals surface area contributed by atoms with Gasteiger partial charge in [0.25, 0.3) is 0 Å². The van der Waals surface area contributed by atoms with Crippen LogP contribution in [0.2, 0.25) is 0 Å². The Hall–Kier alpha value is -0.360. The number of thioether (sulfide) groups is 2. The van der Waals surface area contributed by atoms with Gasteiger partial charge < -0.3 is 0 Å². The molecular weight excluding hydrogens is 714 g/mol. The van der Waals surface area contributed by atoms with E-state index in [0.29, 0.717) is 0 Å². The van der Waals surface area contributed by atoms with E-state index in [-0.39, 0.29) is 0 Å². The molecule has 0 aliphatic heterocycles. The zero-order valence-electron chi connectivity index (χ0n) is 20.2. The first-order valence-electron chi connectivity index (χ1n) is 12.2. The van der Waals surface area contributed by atoms with Crippen molar-refractivity contribution < 1.29 is 0 Å². The van der Waals surface area contributed by atoms with Crippen molar-refractivity contribution in [2.45, 2.75) is 62.2 Å². The topological polar surface area (TPSA) is 25.8 Å². The third kappa shape index (κ3) is 7.36. The Balaban J connectivity index is 1.65. The fourth-order valence-corrected chi connectivity index (χ4v) is 9.59. The first-order chi connectivity index (χ1) is 17.1. The van der Waals surface area contributed by atoms with Crippen molar-refractivity contribution in [1.29, 1.82) is 0 Å². The van der Waals surface area contributed by atoms with Crippen molar-refractivity contribution in [1.82, 2.24) is 9.97 Å². The SMILES string of the molecule is CCCCCSc1ccc(-c2nc3c(I)sc(I)c3nc2-c2ccc(SCCCCC)cc2)cc1. The van der Waals surface area contributed by atoms with Crippen LogP contribution in [-0.4, -0.2) is 21.5 Å². The number of halogens is 2. The van der Waals surface area contributed by atoms with Gasteiger partial charge in [0.2, 0.25) is 0 Å². The van der Waals surface area contributed by atoms with E-state index < -0.39 is 0 Å². The molecule has 184 valence electrons. The van der Waals surface area contributed by atoms with Crippen LogP contribution in [0.3, 0.4) is 0 Å². The number of aromatic nitrogens is 2. The summed E-state index contributed by atoms with van der Waals surface area (Å²) in [6.07, 6.45) is 7.69. The van der Waals surface area contributed by atoms with Crippen LogP contribution in [0.1, 0.15) is 52.4 Å². The monoisotopic (exact) mass is 744 g/mol. The lowest BCUT2D eigenvalue weighted by atomic mass is 10.0. The Bertz CT molecular complexity index is 1140. The van der Waals surface area contributed by atoms with E-state index in [0.717, 1.165) is 33.5 Å². The van der Waals surface area contributed by atoms with Gasteiger partial charge in [-0.05, 0) is 93.8 Å². The number of unbranched alkanes of at least 4 members (excludes halogenated alkanes) is 4. The van der Waals surface area contributed by atoms with Gasteiger partial charge in [-0.2, -0.15) is 0 Å². The van der Waals surface area contributed by atoms with E-state index in [1.807, 2.05) is 23.5 Å². The van der Waals surface area contributed by atoms with Crippen LogP contribution in [0.4, 0.5) is 0 Å². The predicted octanol–water partition coefficient (Wildman–Crippen LogP) is 10.8. The Kier molecular flexibility index (Phi) is 11.0. The highest BCUT2D eigenvalue weighted by Gasteiger charge is 2.18. The molecule has 0 N–H and O–H groups in total. The van der Waals surface area contributed by atoms with E-state index in [1.54, 1.807) is 11.3 Å². The van der Waals surface area contributed by atoms with Gasteiger partial charge in [0.15, 0.2) is 0 Å². The van der Waals surface area contributed by atoms with Gasteiger partial charge in [-0.25, -0.2) is 9.97 Å². The van der Waals surface area contributed by atoms with Crippen LogP contribution in [0.5, 0.6) is 0 Å². The molecule has 0 radical (unpaired) electrons. The quantitative estimate of drug-likeness (QED) is 0.0820. The van der Waals surface area contributed by atoms with Crippen LogP contribution in [0.15, 0.2) is 58.3 Å². The molecule has 0 amide bonds. The van der Waals surface area contributed by atoms with E-state index in [9.17, 15) is 0 Å². The molecule has 2 heterocycles. The minimum absolute atomic E-state index is 0.968. The molecule has 2 aromatic carbocycles. The molecule has 0 bridgehead atoms. The summed E-state index contributed by atoms with van der Waals surface area (Å²) in [5.74, 6) is 2.36. The van der Waals surface area contributed by atoms with Gasteiger partial charge in [0.1, 0.15) is 11.0 Å². The number of fused-ring (bicyclic) bond motifs is 1. The summed E-state index contributed by atoms with van der Waals surface area (Å²) in [6.45, 7) is 4.51. The summed E-state index contributed by atoms with van der Waals surface area (Å²) in [4.78, 5) is 13.0. The van der Waals surface area contributed by atoms with Crippen LogP contribution < -0.4 is 0 Å². The number of rotatable bonds is 12. The highest BCUT2D eigenvalue weighted by Crippen LogP contribution is 2.38. The molecule has 2 nitrogen and oxygen atoms in total. The fourth-order valence-electron chi connectivity index (χ4n) is 3.79. The summed E-state index contributed by atoms with van der Waals surface area (Å²) < 4.78 is 2.40. The molecule has 0 atom stereocenters. The maximum absolute atomic E-state index is 5.17. The Morgan fingerprint density at radius 1 is 0.629 bits per heavy atom. The number of thiophene rings is 1. The van der Waals surface area contributed by atoms with E-state index in [2.05, 4.69) is 108 Å². The lowest BCUT2D eigenvalue weighted by molar-refractivity contribution is 0.778. The van der Waals surface area contributed by atoms with Crippen molar-refractivity contribution in [3.05, 3.63) is 54.3 Å². The fraction of sp³-hybridized carbons (Fsp3) is 0.357. The average Bonchev–Trinajstić information content (AvgIpc) is 3.17. The predicted molar refractivity (Wildman–Crippen MR) is 174 cm³/mol. The molecule has 4 rings (SSSR count). The second kappa shape index (κ2) is 14.0. The van der Waals surface area contributed by atoms with Gasteiger partial charge >= 0.3 is 0 Å². The number of hydrogen-bond donors (Lipinski definition) is 0. The van der Waals surface area contributed by atoms with Crippen molar-refractivity contribution in [3.8, 4) is 22.5 Å². The van der Waals surface area contributed by atoms with Crippen LogP contribution in [0.25, 0.3) is 33.5 Å². The van der Waals surface area contributed by atoms with Crippen LogP contribution in [0, 0.1) is 5.77 Å². The van der Waals surface area contributed by atoms with Gasteiger partial charge in [-0.15, -0.1) is 34.9 Å². The van der Waals surface area contributed by atoms with Crippen LogP contribution >= 0.6 is 80.0 Å². The summed E-state index contributed by atoms with van der Waals surface area (Å²) >= 11 is 10.4. The first-order valence-corrected chi connectivity index (χ1v) is 17.2. The summed E-state index contributed by atoms with van der Waals surface area (Å²) in [5, 5.41) is 0. The molecule has 0 aliphatic carbocycles. The van der Waals surface area contributed by atoms with Crippen molar-refractivity contribution in [2.75, 3.05) is 11.5 Å². The zero-order valence-corrected chi connectivity index (χ0v) is 26.9. The van der Waals surface area contributed by atoms with Gasteiger partial charge in [0.05, 0.1) is 17.2 Å². The normalized spacial score (nSPS) is 11.4. The largest absolute Gasteiger partial charge is 0.242 e. The molecule has 0 unspecified atom stereocenters. The number of benzene rings is 2. The minimum atomic E-state index is 0.968. The maximum Gasteiger partial charge on any atom is 0.115 e. The molecule has 0 spiro atoms. The standard InChI is InChI=1S/C28H30I2N2S3/c1-3-5-7-17-33-21-13-9-19(10-14-21)23-24(32-26-25(31-23)27(29)35-28(26)30)20-11-15-22(16-12-20)34-18-8-6-4-2/h9-16H,3-8,17-18H2,1-2H3. The molecule has 0 aliphatic rings. The average molecular weight is 745 g/mol. The van der Waals surface area contributed by atoms with Crippen molar-refractivity contribution in [3.63, 3.8) is 0 Å². The number of nitrogens with zero attached hydrogens (tertiary/aromatic N) is 2. The third-order valence-electron chi connectivity index (χ3n) is 5.74. The van der Waals surface area contributed by atoms with E-state index >= 15 is 0 Å². The Morgan fingerprint density at radius 3 is 1.40 bits per heavy atom. The van der Waals surface area contributed by atoms with E-state index in [1.165, 1.54) is 65.6 Å². The highest BCUT2D eigenvalue weighted by molar-refractivity contribution is 14.1. The molecular formula is C28H30I2N2S3. The molecule has 0 saturated heterocycles. The van der Waals surface area contributed by atoms with E-state index in [4.69, 9.17) is 9.97 Å². The molecule has 2 aromatic heterocycles. The smallest absolute Gasteiger partial charge is 0.115 e. The molecule has 35 heavy (non-hydrogen) atoms. The second-order valence-corrected chi connectivity index (χ2v) is 15.4. The molecule has 4 aromatic rings. The number of hydrogen-bond acceptors (Lipinski definition) is 5. The maximum atomic E-state index is 5.17. The summed E-state index contributed by atoms with van der Waals surface area (Å²) in [5.41, 5.74) is 6.22. The van der Waals surface area contributed by atoms with Gasteiger partial charge in [-0.1, -0.05) is 63.8 Å². The van der Waals surface area contributed by atoms with Gasteiger partial charge in [-0.3, -0.25) is 0 Å². The van der Waals surface area contributed by atoms with Crippen LogP contribution in [-0.2, 0) is 0 Å². The zero-order chi connectivity index (χ0) is 24.6. The molecule has 7 heteroatoms. The molecule has 0 saturated carbocycles. The highest BCUT2D eigenvalue weighted by atomic mass is 127. The second-order valence-electron chi connectivity index (χ2n) is 8.43. The lowest BCUT2D eigenvalue weighted by Gasteiger charge is -2.11. The van der Waals surface area contributed by atoms with Crippen molar-refractivity contribution in [2.24, 2.45) is 0 Å². The first kappa shape index (κ1) is 27.7. The molecule has 0 fully saturated rings. The lowest BCUT2D eigenvalue weighted by Crippen LogP contribution is -1.95. The third-order valence-corrected chi connectivity index (χ3v) is 11.0. The summed E-state index contributed by atoms with van der Waals surface area (Å²) in [6, 6.07) is 17.8. The Labute approximate surface area is 249 Å². The van der Waals surface area contributed by atoms with Gasteiger partial charge in [0, 0.05) is 20.9 Å². The Morgan fingerprint density at radius 2 is 1.03 bits per heavy atom.